The summed E-state index contributed by atoms with van der Waals surface area (Å²) in [5.41, 5.74) is 1.11. The van der Waals surface area contributed by atoms with Crippen LogP contribution in [0.5, 0.6) is 0 Å². The smallest absolute Gasteiger partial charge is 0.314 e. The number of nitrogens with zero attached hydrogens (tertiary/aromatic N) is 3. The molecule has 0 atom stereocenters. The van der Waals surface area contributed by atoms with Crippen LogP contribution in [0.15, 0.2) is 12.3 Å². The highest BCUT2D eigenvalue weighted by atomic mass is 16.4. The van der Waals surface area contributed by atoms with Crippen LogP contribution in [0.4, 0.5) is 0 Å². The van der Waals surface area contributed by atoms with Crippen LogP contribution >= 0.6 is 0 Å². The number of carbonyl (C=O) groups is 1. The van der Waals surface area contributed by atoms with E-state index in [0.717, 1.165) is 12.0 Å². The number of carboxylic acid groups (broad SMARTS) is 1. The molecule has 2 aromatic heterocycles. The van der Waals surface area contributed by atoms with E-state index in [1.54, 1.807) is 12.3 Å². The van der Waals surface area contributed by atoms with Gasteiger partial charge in [-0.25, -0.2) is 4.98 Å². The van der Waals surface area contributed by atoms with Crippen molar-refractivity contribution in [3.05, 3.63) is 17.8 Å². The summed E-state index contributed by atoms with van der Waals surface area (Å²) in [4.78, 5) is 15.4. The molecule has 0 amide bonds. The summed E-state index contributed by atoms with van der Waals surface area (Å²) in [5, 5.41) is 19.5. The lowest BCUT2D eigenvalue weighted by molar-refractivity contribution is -0.147. The SMILES string of the molecule is O=C(O)C1(c2cnc3n[nH]nc3c2)CCC1. The standard InChI is InChI=1S/C10H10N4O2/c15-9(16)10(2-1-3-10)6-4-7-8(11-5-6)13-14-12-7/h4-5H,1-3H2,(H,15,16)(H,11,12,13,14). The van der Waals surface area contributed by atoms with Gasteiger partial charge in [0.15, 0.2) is 0 Å². The summed E-state index contributed by atoms with van der Waals surface area (Å²) in [6.07, 6.45) is 3.89. The van der Waals surface area contributed by atoms with Crippen molar-refractivity contribution in [2.75, 3.05) is 0 Å². The third kappa shape index (κ3) is 1.07. The molecule has 6 nitrogen and oxygen atoms in total. The molecule has 0 aliphatic heterocycles. The van der Waals surface area contributed by atoms with E-state index in [1.165, 1.54) is 0 Å². The van der Waals surface area contributed by atoms with Gasteiger partial charge in [0.2, 0.25) is 5.65 Å². The number of nitrogens with one attached hydrogen (secondary N) is 1. The predicted molar refractivity (Wildman–Crippen MR) is 54.8 cm³/mol. The minimum atomic E-state index is -0.775. The van der Waals surface area contributed by atoms with Crippen LogP contribution in [0.1, 0.15) is 24.8 Å². The van der Waals surface area contributed by atoms with Gasteiger partial charge in [0, 0.05) is 6.20 Å². The molecule has 0 spiro atoms. The maximum Gasteiger partial charge on any atom is 0.314 e. The molecule has 6 heteroatoms. The first-order chi connectivity index (χ1) is 7.72. The summed E-state index contributed by atoms with van der Waals surface area (Å²) in [5.74, 6) is -0.775. The van der Waals surface area contributed by atoms with Crippen LogP contribution in [0.25, 0.3) is 11.2 Å². The first-order valence-electron chi connectivity index (χ1n) is 5.13. The highest BCUT2D eigenvalue weighted by Crippen LogP contribution is 2.44. The molecule has 0 unspecified atom stereocenters. The lowest BCUT2D eigenvalue weighted by Crippen LogP contribution is -2.42. The zero-order chi connectivity index (χ0) is 11.2. The molecule has 2 heterocycles. The van der Waals surface area contributed by atoms with E-state index in [4.69, 9.17) is 0 Å². The zero-order valence-electron chi connectivity index (χ0n) is 8.47. The first kappa shape index (κ1) is 9.26. The van der Waals surface area contributed by atoms with Crippen LogP contribution < -0.4 is 0 Å². The largest absolute Gasteiger partial charge is 0.481 e. The zero-order valence-corrected chi connectivity index (χ0v) is 8.47. The highest BCUT2D eigenvalue weighted by molar-refractivity contribution is 5.84. The fourth-order valence-electron chi connectivity index (χ4n) is 2.16. The van der Waals surface area contributed by atoms with Crippen LogP contribution in [0.3, 0.4) is 0 Å². The van der Waals surface area contributed by atoms with Gasteiger partial charge < -0.3 is 5.11 Å². The fraction of sp³-hybridized carbons (Fsp3) is 0.400. The van der Waals surface area contributed by atoms with E-state index in [-0.39, 0.29) is 0 Å². The number of H-pyrrole nitrogens is 1. The maximum atomic E-state index is 11.3. The fourth-order valence-corrected chi connectivity index (χ4v) is 2.16. The summed E-state index contributed by atoms with van der Waals surface area (Å²) in [7, 11) is 0. The molecule has 3 rings (SSSR count). The average molecular weight is 218 g/mol. The number of hydrogen-bond donors (Lipinski definition) is 2. The van der Waals surface area contributed by atoms with Crippen molar-refractivity contribution in [2.24, 2.45) is 0 Å². The van der Waals surface area contributed by atoms with E-state index >= 15 is 0 Å². The van der Waals surface area contributed by atoms with Crippen LogP contribution in [0.2, 0.25) is 0 Å². The summed E-state index contributed by atoms with van der Waals surface area (Å²) >= 11 is 0. The van der Waals surface area contributed by atoms with Gasteiger partial charge in [-0.15, -0.1) is 5.10 Å². The third-order valence-corrected chi connectivity index (χ3v) is 3.34. The van der Waals surface area contributed by atoms with Gasteiger partial charge in [-0.3, -0.25) is 4.79 Å². The van der Waals surface area contributed by atoms with Gasteiger partial charge in [-0.05, 0) is 24.5 Å². The monoisotopic (exact) mass is 218 g/mol. The quantitative estimate of drug-likeness (QED) is 0.779. The molecule has 2 N–H and O–H groups in total. The lowest BCUT2D eigenvalue weighted by atomic mass is 9.65. The van der Waals surface area contributed by atoms with Crippen molar-refractivity contribution in [1.29, 1.82) is 0 Å². The van der Waals surface area contributed by atoms with E-state index in [1.807, 2.05) is 0 Å². The van der Waals surface area contributed by atoms with E-state index < -0.39 is 11.4 Å². The van der Waals surface area contributed by atoms with Gasteiger partial charge in [-0.2, -0.15) is 10.3 Å². The van der Waals surface area contributed by atoms with Crippen molar-refractivity contribution < 1.29 is 9.90 Å². The first-order valence-corrected chi connectivity index (χ1v) is 5.13. The maximum absolute atomic E-state index is 11.3. The molecule has 1 fully saturated rings. The molecular weight excluding hydrogens is 208 g/mol. The Kier molecular flexibility index (Phi) is 1.74. The topological polar surface area (TPSA) is 91.8 Å². The number of carboxylic acids is 1. The van der Waals surface area contributed by atoms with Gasteiger partial charge in [0.25, 0.3) is 0 Å². The Morgan fingerprint density at radius 1 is 1.44 bits per heavy atom. The molecule has 16 heavy (non-hydrogen) atoms. The minimum Gasteiger partial charge on any atom is -0.481 e. The second-order valence-electron chi connectivity index (χ2n) is 4.13. The minimum absolute atomic E-state index is 0.517. The number of hydrogen-bond acceptors (Lipinski definition) is 4. The molecule has 0 radical (unpaired) electrons. The van der Waals surface area contributed by atoms with Gasteiger partial charge >= 0.3 is 5.97 Å². The number of pyridine rings is 1. The van der Waals surface area contributed by atoms with Crippen molar-refractivity contribution in [3.63, 3.8) is 0 Å². The van der Waals surface area contributed by atoms with Gasteiger partial charge in [0.05, 0.1) is 5.41 Å². The highest BCUT2D eigenvalue weighted by Gasteiger charge is 2.46. The van der Waals surface area contributed by atoms with E-state index in [9.17, 15) is 9.90 Å². The Labute approximate surface area is 90.7 Å². The second-order valence-corrected chi connectivity index (χ2v) is 4.13. The van der Waals surface area contributed by atoms with Gasteiger partial charge in [-0.1, -0.05) is 6.42 Å². The molecule has 1 aliphatic carbocycles. The molecule has 0 aromatic carbocycles. The second kappa shape index (κ2) is 3.01. The Morgan fingerprint density at radius 3 is 2.88 bits per heavy atom. The van der Waals surface area contributed by atoms with Crippen molar-refractivity contribution in [1.82, 2.24) is 20.4 Å². The number of fused-ring (bicyclic) bond motifs is 1. The van der Waals surface area contributed by atoms with Crippen LogP contribution in [0, 0.1) is 0 Å². The van der Waals surface area contributed by atoms with Crippen LogP contribution in [-0.4, -0.2) is 31.5 Å². The predicted octanol–water partition coefficient (Wildman–Crippen LogP) is 0.859. The van der Waals surface area contributed by atoms with E-state index in [2.05, 4.69) is 20.4 Å². The summed E-state index contributed by atoms with van der Waals surface area (Å²) < 4.78 is 0. The molecule has 0 saturated heterocycles. The molecule has 82 valence electrons. The Morgan fingerprint density at radius 2 is 2.25 bits per heavy atom. The van der Waals surface area contributed by atoms with Crippen LogP contribution in [-0.2, 0) is 10.2 Å². The molecule has 1 aliphatic rings. The lowest BCUT2D eigenvalue weighted by Gasteiger charge is -2.37. The van der Waals surface area contributed by atoms with Crippen molar-refractivity contribution >= 4 is 17.1 Å². The average Bonchev–Trinajstić information content (AvgIpc) is 2.62. The number of aromatic nitrogens is 4. The Hall–Kier alpha value is -1.98. The number of aromatic amines is 1. The third-order valence-electron chi connectivity index (χ3n) is 3.34. The number of aliphatic carboxylic acids is 1. The Balaban J connectivity index is 2.14. The molecule has 2 aromatic rings. The molecule has 1 saturated carbocycles. The van der Waals surface area contributed by atoms with Crippen molar-refractivity contribution in [2.45, 2.75) is 24.7 Å². The van der Waals surface area contributed by atoms with Crippen molar-refractivity contribution in [3.8, 4) is 0 Å². The molecule has 0 bridgehead atoms. The normalized spacial score (nSPS) is 18.2. The van der Waals surface area contributed by atoms with Gasteiger partial charge in [0.1, 0.15) is 5.52 Å². The summed E-state index contributed by atoms with van der Waals surface area (Å²) in [6, 6.07) is 1.76. The number of rotatable bonds is 2. The molecular formula is C10H10N4O2. The van der Waals surface area contributed by atoms with E-state index in [0.29, 0.717) is 24.0 Å². The summed E-state index contributed by atoms with van der Waals surface area (Å²) in [6.45, 7) is 0. The Bertz CT molecular complexity index is 559.